The van der Waals surface area contributed by atoms with Gasteiger partial charge in [-0.3, -0.25) is 0 Å². The number of nitrogens with two attached hydrogens (primary N) is 1. The number of hydrogen-bond acceptors (Lipinski definition) is 4. The molecule has 18 heavy (non-hydrogen) atoms. The number of aromatic nitrogens is 1. The molecule has 4 heteroatoms. The van der Waals surface area contributed by atoms with Crippen LogP contribution >= 0.6 is 0 Å². The number of anilines is 2. The van der Waals surface area contributed by atoms with Crippen molar-refractivity contribution in [3.8, 4) is 0 Å². The largest absolute Gasteiger partial charge is 0.423 e. The third-order valence-electron chi connectivity index (χ3n) is 3.80. The van der Waals surface area contributed by atoms with E-state index < -0.39 is 0 Å². The second-order valence-corrected chi connectivity index (χ2v) is 5.38. The van der Waals surface area contributed by atoms with E-state index in [0.717, 1.165) is 29.5 Å². The SMILES string of the molecule is CC1CCC(CNc2nc3c(N)cccc3o2)C1. The Morgan fingerprint density at radius 1 is 1.44 bits per heavy atom. The summed E-state index contributed by atoms with van der Waals surface area (Å²) in [6.07, 6.45) is 3.94. The van der Waals surface area contributed by atoms with E-state index in [1.54, 1.807) is 0 Å². The van der Waals surface area contributed by atoms with Crippen LogP contribution < -0.4 is 11.1 Å². The van der Waals surface area contributed by atoms with Gasteiger partial charge in [-0.15, -0.1) is 0 Å². The number of fused-ring (bicyclic) bond motifs is 1. The third-order valence-corrected chi connectivity index (χ3v) is 3.80. The van der Waals surface area contributed by atoms with Crippen molar-refractivity contribution < 1.29 is 4.42 Å². The molecule has 2 atom stereocenters. The number of benzene rings is 1. The Bertz CT molecular complexity index is 549. The summed E-state index contributed by atoms with van der Waals surface area (Å²) < 4.78 is 5.63. The molecule has 1 aromatic carbocycles. The van der Waals surface area contributed by atoms with Crippen LogP contribution in [0.25, 0.3) is 11.1 Å². The average molecular weight is 245 g/mol. The standard InChI is InChI=1S/C14H19N3O/c1-9-5-6-10(7-9)8-16-14-17-13-11(15)3-2-4-12(13)18-14/h2-4,9-10H,5-8,15H2,1H3,(H,16,17). The molecule has 3 N–H and O–H groups in total. The minimum Gasteiger partial charge on any atom is -0.423 e. The van der Waals surface area contributed by atoms with E-state index in [-0.39, 0.29) is 0 Å². The molecule has 96 valence electrons. The van der Waals surface area contributed by atoms with Crippen LogP contribution in [0, 0.1) is 11.8 Å². The van der Waals surface area contributed by atoms with Crippen LogP contribution in [0.5, 0.6) is 0 Å². The molecule has 2 unspecified atom stereocenters. The van der Waals surface area contributed by atoms with Crippen LogP contribution in [0.15, 0.2) is 22.6 Å². The van der Waals surface area contributed by atoms with Crippen LogP contribution in [0.2, 0.25) is 0 Å². The summed E-state index contributed by atoms with van der Waals surface area (Å²) in [6, 6.07) is 6.20. The lowest BCUT2D eigenvalue weighted by molar-refractivity contribution is 0.525. The predicted molar refractivity (Wildman–Crippen MR) is 73.4 cm³/mol. The third kappa shape index (κ3) is 2.15. The Morgan fingerprint density at radius 2 is 2.33 bits per heavy atom. The topological polar surface area (TPSA) is 64.1 Å². The highest BCUT2D eigenvalue weighted by molar-refractivity contribution is 5.86. The van der Waals surface area contributed by atoms with Crippen molar-refractivity contribution in [1.29, 1.82) is 0 Å². The summed E-state index contributed by atoms with van der Waals surface area (Å²) in [7, 11) is 0. The van der Waals surface area contributed by atoms with Crippen LogP contribution in [0.1, 0.15) is 26.2 Å². The molecule has 2 aromatic rings. The molecule has 1 heterocycles. The van der Waals surface area contributed by atoms with Crippen molar-refractivity contribution in [2.75, 3.05) is 17.6 Å². The van der Waals surface area contributed by atoms with Crippen molar-refractivity contribution in [2.24, 2.45) is 11.8 Å². The molecule has 0 bridgehead atoms. The van der Waals surface area contributed by atoms with Crippen molar-refractivity contribution in [3.05, 3.63) is 18.2 Å². The zero-order chi connectivity index (χ0) is 12.5. The zero-order valence-electron chi connectivity index (χ0n) is 10.6. The van der Waals surface area contributed by atoms with Crippen molar-refractivity contribution in [3.63, 3.8) is 0 Å². The first-order valence-electron chi connectivity index (χ1n) is 6.61. The van der Waals surface area contributed by atoms with E-state index in [1.807, 2.05) is 18.2 Å². The molecule has 1 fully saturated rings. The van der Waals surface area contributed by atoms with Crippen LogP contribution in [0.4, 0.5) is 11.7 Å². The fourth-order valence-electron chi connectivity index (χ4n) is 2.79. The molecule has 0 amide bonds. The first-order chi connectivity index (χ1) is 8.72. The first kappa shape index (κ1) is 11.4. The number of nitrogen functional groups attached to an aromatic ring is 1. The molecular formula is C14H19N3O. The van der Waals surface area contributed by atoms with Gasteiger partial charge in [0.2, 0.25) is 0 Å². The molecule has 1 aliphatic carbocycles. The van der Waals surface area contributed by atoms with Gasteiger partial charge in [-0.05, 0) is 36.8 Å². The molecule has 0 saturated heterocycles. The highest BCUT2D eigenvalue weighted by atomic mass is 16.4. The summed E-state index contributed by atoms with van der Waals surface area (Å²) in [6.45, 7) is 3.26. The van der Waals surface area contributed by atoms with E-state index >= 15 is 0 Å². The maximum Gasteiger partial charge on any atom is 0.295 e. The monoisotopic (exact) mass is 245 g/mol. The van der Waals surface area contributed by atoms with Crippen molar-refractivity contribution >= 4 is 22.8 Å². The number of rotatable bonds is 3. The predicted octanol–water partition coefficient (Wildman–Crippen LogP) is 3.26. The molecule has 1 saturated carbocycles. The second kappa shape index (κ2) is 4.52. The number of nitrogens with zero attached hydrogens (tertiary/aromatic N) is 1. The van der Waals surface area contributed by atoms with Gasteiger partial charge in [0.05, 0.1) is 5.69 Å². The van der Waals surface area contributed by atoms with Gasteiger partial charge in [-0.25, -0.2) is 0 Å². The number of nitrogens with one attached hydrogen (secondary N) is 1. The maximum absolute atomic E-state index is 5.86. The normalized spacial score (nSPS) is 23.6. The minimum atomic E-state index is 0.586. The quantitative estimate of drug-likeness (QED) is 0.815. The lowest BCUT2D eigenvalue weighted by Crippen LogP contribution is -2.11. The number of para-hydroxylation sites is 1. The molecule has 0 aliphatic heterocycles. The summed E-state index contributed by atoms with van der Waals surface area (Å²) >= 11 is 0. The molecule has 0 radical (unpaired) electrons. The Morgan fingerprint density at radius 3 is 3.06 bits per heavy atom. The smallest absolute Gasteiger partial charge is 0.295 e. The molecule has 1 aliphatic rings. The van der Waals surface area contributed by atoms with E-state index in [1.165, 1.54) is 19.3 Å². The summed E-state index contributed by atoms with van der Waals surface area (Å²) in [5.41, 5.74) is 8.02. The summed E-state index contributed by atoms with van der Waals surface area (Å²) in [5, 5.41) is 3.29. The van der Waals surface area contributed by atoms with Gasteiger partial charge < -0.3 is 15.5 Å². The Balaban J connectivity index is 1.69. The molecule has 4 nitrogen and oxygen atoms in total. The van der Waals surface area contributed by atoms with Gasteiger partial charge in [0, 0.05) is 6.54 Å². The molecular weight excluding hydrogens is 226 g/mol. The molecule has 0 spiro atoms. The summed E-state index contributed by atoms with van der Waals surface area (Å²) in [4.78, 5) is 4.39. The maximum atomic E-state index is 5.86. The minimum absolute atomic E-state index is 0.586. The zero-order valence-corrected chi connectivity index (χ0v) is 10.6. The van der Waals surface area contributed by atoms with Crippen molar-refractivity contribution in [1.82, 2.24) is 4.98 Å². The fraction of sp³-hybridized carbons (Fsp3) is 0.500. The highest BCUT2D eigenvalue weighted by Crippen LogP contribution is 2.31. The lowest BCUT2D eigenvalue weighted by Gasteiger charge is -2.08. The Kier molecular flexibility index (Phi) is 2.86. The van der Waals surface area contributed by atoms with Gasteiger partial charge in [-0.2, -0.15) is 4.98 Å². The van der Waals surface area contributed by atoms with Gasteiger partial charge >= 0.3 is 0 Å². The fourth-order valence-corrected chi connectivity index (χ4v) is 2.79. The van der Waals surface area contributed by atoms with Crippen LogP contribution in [-0.2, 0) is 0 Å². The Hall–Kier alpha value is -1.71. The highest BCUT2D eigenvalue weighted by Gasteiger charge is 2.21. The first-order valence-corrected chi connectivity index (χ1v) is 6.61. The second-order valence-electron chi connectivity index (χ2n) is 5.38. The average Bonchev–Trinajstić information content (AvgIpc) is 2.93. The van der Waals surface area contributed by atoms with E-state index in [2.05, 4.69) is 17.2 Å². The Labute approximate surface area is 107 Å². The van der Waals surface area contributed by atoms with Gasteiger partial charge in [0.25, 0.3) is 6.01 Å². The van der Waals surface area contributed by atoms with E-state index in [4.69, 9.17) is 10.2 Å². The van der Waals surface area contributed by atoms with E-state index in [9.17, 15) is 0 Å². The van der Waals surface area contributed by atoms with E-state index in [0.29, 0.717) is 11.7 Å². The molecule has 3 rings (SSSR count). The molecule has 1 aromatic heterocycles. The van der Waals surface area contributed by atoms with Gasteiger partial charge in [-0.1, -0.05) is 19.4 Å². The summed E-state index contributed by atoms with van der Waals surface area (Å²) in [5.74, 6) is 1.60. The number of oxazole rings is 1. The number of hydrogen-bond donors (Lipinski definition) is 2. The lowest BCUT2D eigenvalue weighted by atomic mass is 10.1. The van der Waals surface area contributed by atoms with Crippen molar-refractivity contribution in [2.45, 2.75) is 26.2 Å². The van der Waals surface area contributed by atoms with Gasteiger partial charge in [0.1, 0.15) is 5.52 Å². The van der Waals surface area contributed by atoms with Crippen LogP contribution in [-0.4, -0.2) is 11.5 Å². The van der Waals surface area contributed by atoms with Crippen LogP contribution in [0.3, 0.4) is 0 Å². The van der Waals surface area contributed by atoms with Gasteiger partial charge in [0.15, 0.2) is 5.58 Å².